The van der Waals surface area contributed by atoms with Crippen LogP contribution < -0.4 is 4.74 Å². The van der Waals surface area contributed by atoms with Gasteiger partial charge in [-0.25, -0.2) is 0 Å². The Morgan fingerprint density at radius 3 is 2.78 bits per heavy atom. The zero-order chi connectivity index (χ0) is 13.0. The lowest BCUT2D eigenvalue weighted by molar-refractivity contribution is 0.371. The quantitative estimate of drug-likeness (QED) is 0.751. The number of para-hydroxylation sites is 1. The van der Waals surface area contributed by atoms with Crippen LogP contribution in [0.4, 0.5) is 0 Å². The molecule has 0 saturated heterocycles. The maximum Gasteiger partial charge on any atom is 0.148 e. The summed E-state index contributed by atoms with van der Waals surface area (Å²) < 4.78 is 5.44. The minimum atomic E-state index is 0.193. The van der Waals surface area contributed by atoms with Gasteiger partial charge >= 0.3 is 0 Å². The molecular formula is C15H9Cl2O. The standard InChI is InChI=1S/C15H9Cl2O/c1-2-9-18-15-6-4-3-5-13(15)12-8-7-11(16)10-14(12)17/h1,3-5,7-8,10H,9H2. The Labute approximate surface area is 116 Å². The molecule has 0 atom stereocenters. The summed E-state index contributed by atoms with van der Waals surface area (Å²) in [5.74, 6) is 3.01. The number of hydrogen-bond donors (Lipinski definition) is 0. The Balaban J connectivity index is 2.47. The van der Waals surface area contributed by atoms with Crippen LogP contribution in [-0.4, -0.2) is 6.61 Å². The summed E-state index contributed by atoms with van der Waals surface area (Å²) in [6.45, 7) is 0.193. The molecule has 0 unspecified atom stereocenters. The molecule has 0 spiro atoms. The molecule has 0 heterocycles. The molecule has 0 aliphatic rings. The van der Waals surface area contributed by atoms with Crippen molar-refractivity contribution in [3.63, 3.8) is 0 Å². The lowest BCUT2D eigenvalue weighted by Crippen LogP contribution is -1.95. The van der Waals surface area contributed by atoms with Crippen molar-refractivity contribution in [1.82, 2.24) is 0 Å². The van der Waals surface area contributed by atoms with Crippen LogP contribution in [-0.2, 0) is 0 Å². The number of ether oxygens (including phenoxy) is 1. The third-order valence-corrected chi connectivity index (χ3v) is 2.89. The van der Waals surface area contributed by atoms with Crippen LogP contribution in [0.2, 0.25) is 10.0 Å². The Bertz CT molecular complexity index is 600. The van der Waals surface area contributed by atoms with E-state index >= 15 is 0 Å². The Kier molecular flexibility index (Phi) is 4.15. The molecule has 0 bridgehead atoms. The van der Waals surface area contributed by atoms with Crippen molar-refractivity contribution in [3.8, 4) is 29.2 Å². The van der Waals surface area contributed by atoms with Crippen LogP contribution in [0.3, 0.4) is 0 Å². The molecule has 0 aliphatic carbocycles. The van der Waals surface area contributed by atoms with Crippen LogP contribution in [0.5, 0.6) is 5.75 Å². The van der Waals surface area contributed by atoms with Crippen molar-refractivity contribution in [1.29, 1.82) is 0 Å². The lowest BCUT2D eigenvalue weighted by Gasteiger charge is -2.10. The monoisotopic (exact) mass is 275 g/mol. The summed E-state index contributed by atoms with van der Waals surface area (Å²) in [5.41, 5.74) is 1.68. The molecule has 0 N–H and O–H groups in total. The summed E-state index contributed by atoms with van der Waals surface area (Å²) in [4.78, 5) is 0. The molecule has 18 heavy (non-hydrogen) atoms. The minimum Gasteiger partial charge on any atom is -0.480 e. The predicted molar refractivity (Wildman–Crippen MR) is 75.1 cm³/mol. The second-order valence-electron chi connectivity index (χ2n) is 3.53. The number of hydrogen-bond acceptors (Lipinski definition) is 1. The van der Waals surface area contributed by atoms with E-state index < -0.39 is 0 Å². The first-order valence-electron chi connectivity index (χ1n) is 5.25. The molecule has 0 aliphatic heterocycles. The molecule has 2 aromatic carbocycles. The van der Waals surface area contributed by atoms with Crippen molar-refractivity contribution in [2.45, 2.75) is 0 Å². The number of benzene rings is 2. The smallest absolute Gasteiger partial charge is 0.148 e. The molecule has 2 rings (SSSR count). The van der Waals surface area contributed by atoms with E-state index in [0.29, 0.717) is 15.8 Å². The Morgan fingerprint density at radius 2 is 2.06 bits per heavy atom. The van der Waals surface area contributed by atoms with Crippen molar-refractivity contribution < 1.29 is 4.74 Å². The maximum absolute atomic E-state index is 6.18. The van der Waals surface area contributed by atoms with Gasteiger partial charge in [-0.2, -0.15) is 0 Å². The largest absolute Gasteiger partial charge is 0.480 e. The van der Waals surface area contributed by atoms with E-state index in [2.05, 4.69) is 12.0 Å². The third kappa shape index (κ3) is 2.79. The average Bonchev–Trinajstić information content (AvgIpc) is 2.37. The molecular weight excluding hydrogens is 267 g/mol. The fraction of sp³-hybridized carbons (Fsp3) is 0.0667. The molecule has 2 aromatic rings. The first-order valence-corrected chi connectivity index (χ1v) is 6.00. The first-order chi connectivity index (χ1) is 8.72. The van der Waals surface area contributed by atoms with Gasteiger partial charge in [-0.05, 0) is 12.1 Å². The van der Waals surface area contributed by atoms with Crippen LogP contribution in [0.25, 0.3) is 11.1 Å². The SMILES string of the molecule is C#CCOc1[c]cccc1-c1ccc(Cl)cc1Cl. The van der Waals surface area contributed by atoms with Gasteiger partial charge < -0.3 is 4.74 Å². The summed E-state index contributed by atoms with van der Waals surface area (Å²) in [6, 6.07) is 13.8. The molecule has 0 fully saturated rings. The summed E-state index contributed by atoms with van der Waals surface area (Å²) in [6.07, 6.45) is 5.18. The fourth-order valence-corrected chi connectivity index (χ4v) is 2.09. The summed E-state index contributed by atoms with van der Waals surface area (Å²) in [7, 11) is 0. The van der Waals surface area contributed by atoms with E-state index in [1.54, 1.807) is 18.2 Å². The highest BCUT2D eigenvalue weighted by atomic mass is 35.5. The first kappa shape index (κ1) is 12.8. The van der Waals surface area contributed by atoms with Gasteiger partial charge in [0.05, 0.1) is 5.02 Å². The second-order valence-corrected chi connectivity index (χ2v) is 4.37. The maximum atomic E-state index is 6.18. The van der Waals surface area contributed by atoms with Crippen LogP contribution in [0.15, 0.2) is 36.4 Å². The van der Waals surface area contributed by atoms with Gasteiger partial charge in [-0.3, -0.25) is 0 Å². The van der Waals surface area contributed by atoms with E-state index in [1.807, 2.05) is 18.2 Å². The minimum absolute atomic E-state index is 0.193. The molecule has 89 valence electrons. The van der Waals surface area contributed by atoms with Crippen molar-refractivity contribution in [2.75, 3.05) is 6.61 Å². The third-order valence-electron chi connectivity index (χ3n) is 2.34. The molecule has 3 heteroatoms. The zero-order valence-electron chi connectivity index (χ0n) is 9.41. The highest BCUT2D eigenvalue weighted by Crippen LogP contribution is 2.35. The Hall–Kier alpha value is -1.62. The van der Waals surface area contributed by atoms with E-state index in [-0.39, 0.29) is 6.61 Å². The predicted octanol–water partition coefficient (Wildman–Crippen LogP) is 4.47. The van der Waals surface area contributed by atoms with Crippen LogP contribution in [0.1, 0.15) is 0 Å². The zero-order valence-corrected chi connectivity index (χ0v) is 10.9. The lowest BCUT2D eigenvalue weighted by atomic mass is 10.0. The van der Waals surface area contributed by atoms with Gasteiger partial charge in [-0.1, -0.05) is 53.4 Å². The molecule has 1 nitrogen and oxygen atoms in total. The van der Waals surface area contributed by atoms with Crippen molar-refractivity contribution in [3.05, 3.63) is 52.5 Å². The summed E-state index contributed by atoms with van der Waals surface area (Å²) >= 11 is 12.1. The second kappa shape index (κ2) is 5.82. The normalized spacial score (nSPS) is 9.83. The van der Waals surface area contributed by atoms with E-state index in [9.17, 15) is 0 Å². The van der Waals surface area contributed by atoms with E-state index in [1.165, 1.54) is 0 Å². The average molecular weight is 276 g/mol. The van der Waals surface area contributed by atoms with Gasteiger partial charge in [0.25, 0.3) is 0 Å². The van der Waals surface area contributed by atoms with Crippen LogP contribution >= 0.6 is 23.2 Å². The number of halogens is 2. The van der Waals surface area contributed by atoms with Gasteiger partial charge in [0.15, 0.2) is 0 Å². The molecule has 1 radical (unpaired) electrons. The molecule has 0 saturated carbocycles. The summed E-state index contributed by atoms with van der Waals surface area (Å²) in [5, 5.41) is 1.16. The Morgan fingerprint density at radius 1 is 1.22 bits per heavy atom. The molecule has 0 aromatic heterocycles. The molecule has 0 amide bonds. The van der Waals surface area contributed by atoms with E-state index in [4.69, 9.17) is 34.4 Å². The van der Waals surface area contributed by atoms with Crippen molar-refractivity contribution in [2.24, 2.45) is 0 Å². The highest BCUT2D eigenvalue weighted by Gasteiger charge is 2.09. The number of rotatable bonds is 3. The topological polar surface area (TPSA) is 9.23 Å². The fourth-order valence-electron chi connectivity index (χ4n) is 1.57. The highest BCUT2D eigenvalue weighted by molar-refractivity contribution is 6.36. The van der Waals surface area contributed by atoms with Gasteiger partial charge in [0.2, 0.25) is 0 Å². The van der Waals surface area contributed by atoms with Gasteiger partial charge in [0, 0.05) is 22.2 Å². The van der Waals surface area contributed by atoms with Crippen LogP contribution in [0, 0.1) is 18.4 Å². The van der Waals surface area contributed by atoms with Gasteiger partial charge in [0.1, 0.15) is 12.4 Å². The van der Waals surface area contributed by atoms with E-state index in [0.717, 1.165) is 11.1 Å². The van der Waals surface area contributed by atoms with Gasteiger partial charge in [-0.15, -0.1) is 6.42 Å². The number of terminal acetylenes is 1. The van der Waals surface area contributed by atoms with Crippen molar-refractivity contribution >= 4 is 23.2 Å².